The molecule has 0 saturated carbocycles. The number of benzene rings is 1. The Hall–Kier alpha value is -2.08. The van der Waals surface area contributed by atoms with Gasteiger partial charge in [-0.2, -0.15) is 0 Å². The van der Waals surface area contributed by atoms with Crippen LogP contribution in [0.15, 0.2) is 50.3 Å². The summed E-state index contributed by atoms with van der Waals surface area (Å²) in [7, 11) is 0. The number of amides is 1. The van der Waals surface area contributed by atoms with Crippen LogP contribution in [0.3, 0.4) is 0 Å². The highest BCUT2D eigenvalue weighted by Crippen LogP contribution is 2.17. The maximum Gasteiger partial charge on any atom is 0.350 e. The second-order valence-corrected chi connectivity index (χ2v) is 6.92. The van der Waals surface area contributed by atoms with Crippen LogP contribution in [0.25, 0.3) is 0 Å². The second kappa shape index (κ2) is 10.8. The molecule has 0 unspecified atom stereocenters. The number of ether oxygens (including phenoxy) is 1. The van der Waals surface area contributed by atoms with E-state index in [0.717, 1.165) is 18.4 Å². The topological polar surface area (TPSA) is 68.5 Å². The summed E-state index contributed by atoms with van der Waals surface area (Å²) in [5, 5.41) is 2.75. The first-order chi connectivity index (χ1) is 12.6. The molecule has 5 nitrogen and oxygen atoms in total. The van der Waals surface area contributed by atoms with Crippen LogP contribution in [0.5, 0.6) is 5.75 Å². The van der Waals surface area contributed by atoms with Crippen LogP contribution in [-0.4, -0.2) is 12.5 Å². The lowest BCUT2D eigenvalue weighted by Gasteiger charge is -2.08. The van der Waals surface area contributed by atoms with Crippen LogP contribution in [0, 0.1) is 0 Å². The highest BCUT2D eigenvalue weighted by molar-refractivity contribution is 9.10. The summed E-state index contributed by atoms with van der Waals surface area (Å²) >= 11 is 3.05. The first kappa shape index (κ1) is 20.2. The van der Waals surface area contributed by atoms with Crippen LogP contribution in [-0.2, 0) is 0 Å². The molecule has 0 aliphatic rings. The van der Waals surface area contributed by atoms with Crippen molar-refractivity contribution in [3.05, 3.63) is 57.1 Å². The number of unbranched alkanes of at least 4 members (excludes halogenated alkanes) is 5. The minimum absolute atomic E-state index is 0.212. The summed E-state index contributed by atoms with van der Waals surface area (Å²) < 4.78 is 10.7. The standard InChI is InChI=1S/C20H24BrNO4/c1-2-3-4-5-6-7-12-25-17-10-8-16(9-11-17)22-19(23)15-13-18(21)20(24)26-14-15/h8-11,13-14H,2-7,12H2,1H3,(H,22,23). The first-order valence-electron chi connectivity index (χ1n) is 8.92. The van der Waals surface area contributed by atoms with Crippen molar-refractivity contribution in [1.29, 1.82) is 0 Å². The van der Waals surface area contributed by atoms with Crippen molar-refractivity contribution in [3.8, 4) is 5.75 Å². The van der Waals surface area contributed by atoms with Crippen LogP contribution in [0.4, 0.5) is 5.69 Å². The molecule has 0 fully saturated rings. The molecule has 2 rings (SSSR count). The Kier molecular flexibility index (Phi) is 8.41. The number of nitrogens with one attached hydrogen (secondary N) is 1. The molecule has 1 aromatic carbocycles. The highest BCUT2D eigenvalue weighted by atomic mass is 79.9. The molecule has 0 atom stereocenters. The lowest BCUT2D eigenvalue weighted by molar-refractivity contribution is 0.102. The van der Waals surface area contributed by atoms with Crippen LogP contribution >= 0.6 is 15.9 Å². The van der Waals surface area contributed by atoms with Crippen LogP contribution in [0.1, 0.15) is 55.8 Å². The Balaban J connectivity index is 1.77. The van der Waals surface area contributed by atoms with Gasteiger partial charge >= 0.3 is 5.63 Å². The van der Waals surface area contributed by atoms with E-state index in [-0.39, 0.29) is 15.9 Å². The number of hydrogen-bond acceptors (Lipinski definition) is 4. The number of carbonyl (C=O) groups is 1. The fourth-order valence-electron chi connectivity index (χ4n) is 2.43. The summed E-state index contributed by atoms with van der Waals surface area (Å²) in [5.74, 6) is 0.431. The van der Waals surface area contributed by atoms with Gasteiger partial charge in [-0.3, -0.25) is 4.79 Å². The molecule has 1 aromatic heterocycles. The summed E-state index contributed by atoms with van der Waals surface area (Å²) in [4.78, 5) is 23.4. The zero-order chi connectivity index (χ0) is 18.8. The summed E-state index contributed by atoms with van der Waals surface area (Å²) in [6.45, 7) is 2.92. The number of hydrogen-bond donors (Lipinski definition) is 1. The van der Waals surface area contributed by atoms with Gasteiger partial charge in [-0.1, -0.05) is 39.0 Å². The molecule has 0 saturated heterocycles. The maximum absolute atomic E-state index is 12.2. The quantitative estimate of drug-likeness (QED) is 0.521. The van der Waals surface area contributed by atoms with Gasteiger partial charge in [0.05, 0.1) is 12.2 Å². The largest absolute Gasteiger partial charge is 0.494 e. The van der Waals surface area contributed by atoms with E-state index >= 15 is 0 Å². The molecule has 26 heavy (non-hydrogen) atoms. The van der Waals surface area contributed by atoms with Gasteiger partial charge in [0, 0.05) is 5.69 Å². The van der Waals surface area contributed by atoms with Gasteiger partial charge in [0.15, 0.2) is 0 Å². The van der Waals surface area contributed by atoms with E-state index < -0.39 is 5.63 Å². The van der Waals surface area contributed by atoms with E-state index in [4.69, 9.17) is 9.15 Å². The van der Waals surface area contributed by atoms with Crippen molar-refractivity contribution < 1.29 is 13.9 Å². The number of carbonyl (C=O) groups excluding carboxylic acids is 1. The molecule has 0 spiro atoms. The van der Waals surface area contributed by atoms with E-state index in [1.54, 1.807) is 12.1 Å². The maximum atomic E-state index is 12.2. The molecular weight excluding hydrogens is 398 g/mol. The Morgan fingerprint density at radius 3 is 2.50 bits per heavy atom. The zero-order valence-electron chi connectivity index (χ0n) is 14.9. The molecule has 2 aromatic rings. The molecular formula is C20H24BrNO4. The third-order valence-corrected chi connectivity index (χ3v) is 4.46. The van der Waals surface area contributed by atoms with Crippen LogP contribution < -0.4 is 15.7 Å². The van der Waals surface area contributed by atoms with Crippen LogP contribution in [0.2, 0.25) is 0 Å². The first-order valence-corrected chi connectivity index (χ1v) is 9.72. The van der Waals surface area contributed by atoms with Gasteiger partial charge in [0.25, 0.3) is 5.91 Å². The number of anilines is 1. The van der Waals surface area contributed by atoms with Crippen molar-refractivity contribution >= 4 is 27.5 Å². The molecule has 0 radical (unpaired) electrons. The Labute approximate surface area is 161 Å². The number of halogens is 1. The van der Waals surface area contributed by atoms with Crippen molar-refractivity contribution in [1.82, 2.24) is 0 Å². The molecule has 1 heterocycles. The number of rotatable bonds is 10. The molecule has 0 aliphatic carbocycles. The molecule has 1 N–H and O–H groups in total. The summed E-state index contributed by atoms with van der Waals surface area (Å²) in [6.07, 6.45) is 8.51. The van der Waals surface area contributed by atoms with Crippen molar-refractivity contribution in [3.63, 3.8) is 0 Å². The zero-order valence-corrected chi connectivity index (χ0v) is 16.5. The third kappa shape index (κ3) is 6.67. The molecule has 0 bridgehead atoms. The van der Waals surface area contributed by atoms with Crippen molar-refractivity contribution in [2.75, 3.05) is 11.9 Å². The molecule has 6 heteroatoms. The minimum atomic E-state index is -0.520. The van der Waals surface area contributed by atoms with Crippen molar-refractivity contribution in [2.24, 2.45) is 0 Å². The van der Waals surface area contributed by atoms with E-state index in [0.29, 0.717) is 12.3 Å². The van der Waals surface area contributed by atoms with Gasteiger partial charge in [-0.05, 0) is 52.7 Å². The summed E-state index contributed by atoms with van der Waals surface area (Å²) in [5.41, 5.74) is 0.387. The van der Waals surface area contributed by atoms with Gasteiger partial charge in [-0.15, -0.1) is 0 Å². The molecule has 0 aliphatic heterocycles. The third-order valence-electron chi connectivity index (χ3n) is 3.91. The van der Waals surface area contributed by atoms with Gasteiger partial charge in [0.2, 0.25) is 0 Å². The lowest BCUT2D eigenvalue weighted by Crippen LogP contribution is -2.13. The Morgan fingerprint density at radius 1 is 1.12 bits per heavy atom. The molecule has 1 amide bonds. The monoisotopic (exact) mass is 421 g/mol. The van der Waals surface area contributed by atoms with Gasteiger partial charge in [-0.25, -0.2) is 4.79 Å². The van der Waals surface area contributed by atoms with E-state index in [1.165, 1.54) is 38.2 Å². The normalized spacial score (nSPS) is 10.5. The predicted molar refractivity (Wildman–Crippen MR) is 106 cm³/mol. The fraction of sp³-hybridized carbons (Fsp3) is 0.400. The summed E-state index contributed by atoms with van der Waals surface area (Å²) in [6, 6.07) is 8.64. The van der Waals surface area contributed by atoms with E-state index in [2.05, 4.69) is 28.2 Å². The Morgan fingerprint density at radius 2 is 1.81 bits per heavy atom. The Bertz CT molecular complexity index is 755. The van der Waals surface area contributed by atoms with E-state index in [9.17, 15) is 9.59 Å². The van der Waals surface area contributed by atoms with E-state index in [1.807, 2.05) is 12.1 Å². The smallest absolute Gasteiger partial charge is 0.350 e. The molecule has 140 valence electrons. The minimum Gasteiger partial charge on any atom is -0.494 e. The SMILES string of the molecule is CCCCCCCCOc1ccc(NC(=O)c2coc(=O)c(Br)c2)cc1. The van der Waals surface area contributed by atoms with Crippen molar-refractivity contribution in [2.45, 2.75) is 45.4 Å². The highest BCUT2D eigenvalue weighted by Gasteiger charge is 2.09. The fourth-order valence-corrected chi connectivity index (χ4v) is 2.77. The average Bonchev–Trinajstić information content (AvgIpc) is 2.64. The second-order valence-electron chi connectivity index (χ2n) is 6.07. The average molecular weight is 422 g/mol. The predicted octanol–water partition coefficient (Wildman–Crippen LogP) is 5.39. The van der Waals surface area contributed by atoms with Gasteiger partial charge in [0.1, 0.15) is 16.5 Å². The van der Waals surface area contributed by atoms with Gasteiger partial charge < -0.3 is 14.5 Å². The lowest BCUT2D eigenvalue weighted by atomic mass is 10.1.